The van der Waals surface area contributed by atoms with E-state index in [4.69, 9.17) is 19.7 Å². The number of ether oxygens (including phenoxy) is 1. The Morgan fingerprint density at radius 2 is 2.05 bits per heavy atom. The molecule has 1 aromatic carbocycles. The van der Waals surface area contributed by atoms with E-state index in [2.05, 4.69) is 46.7 Å². The number of nitriles is 1. The van der Waals surface area contributed by atoms with Crippen molar-refractivity contribution >= 4 is 22.8 Å². The number of nitrogens with zero attached hydrogens (tertiary/aromatic N) is 7. The number of fused-ring (bicyclic) bond motifs is 5. The van der Waals surface area contributed by atoms with Gasteiger partial charge in [-0.2, -0.15) is 15.2 Å². The molecular formula is C34H37N7O2. The van der Waals surface area contributed by atoms with Crippen molar-refractivity contribution in [1.29, 1.82) is 5.26 Å². The third-order valence-electron chi connectivity index (χ3n) is 10.6. The van der Waals surface area contributed by atoms with E-state index in [0.717, 1.165) is 42.9 Å². The van der Waals surface area contributed by atoms with E-state index in [0.29, 0.717) is 49.5 Å². The fraction of sp³-hybridized carbons (Fsp3) is 0.500. The lowest BCUT2D eigenvalue weighted by Gasteiger charge is -2.40. The number of anilines is 1. The molecule has 3 saturated heterocycles. The molecule has 9 heteroatoms. The molecular weight excluding hydrogens is 538 g/mol. The molecule has 2 aromatic heterocycles. The van der Waals surface area contributed by atoms with Gasteiger partial charge in [-0.15, -0.1) is 0 Å². The summed E-state index contributed by atoms with van der Waals surface area (Å²) in [6, 6.07) is 11.2. The van der Waals surface area contributed by atoms with Crippen LogP contribution >= 0.6 is 0 Å². The van der Waals surface area contributed by atoms with Gasteiger partial charge < -0.3 is 14.5 Å². The van der Waals surface area contributed by atoms with Gasteiger partial charge in [0.05, 0.1) is 29.6 Å². The van der Waals surface area contributed by atoms with Crippen molar-refractivity contribution in [2.45, 2.75) is 62.4 Å². The zero-order valence-corrected chi connectivity index (χ0v) is 24.5. The highest BCUT2D eigenvalue weighted by Crippen LogP contribution is 2.58. The average molecular weight is 576 g/mol. The molecule has 3 atom stereocenters. The van der Waals surface area contributed by atoms with Crippen molar-refractivity contribution in [3.63, 3.8) is 0 Å². The first kappa shape index (κ1) is 26.6. The molecule has 0 unspecified atom stereocenters. The third-order valence-corrected chi connectivity index (χ3v) is 10.6. The van der Waals surface area contributed by atoms with Gasteiger partial charge in [-0.3, -0.25) is 14.7 Å². The third kappa shape index (κ3) is 4.46. The lowest BCUT2D eigenvalue weighted by molar-refractivity contribution is -0.128. The molecule has 4 fully saturated rings. The number of rotatable bonds is 7. The van der Waals surface area contributed by atoms with Crippen LogP contribution in [0.15, 0.2) is 43.1 Å². The van der Waals surface area contributed by atoms with Crippen molar-refractivity contribution in [1.82, 2.24) is 24.8 Å². The van der Waals surface area contributed by atoms with Crippen LogP contribution in [0, 0.1) is 17.2 Å². The Morgan fingerprint density at radius 1 is 1.19 bits per heavy atom. The average Bonchev–Trinajstić information content (AvgIpc) is 3.32. The summed E-state index contributed by atoms with van der Waals surface area (Å²) in [5.41, 5.74) is 6.85. The Bertz CT molecular complexity index is 1650. The number of hydrogen-bond donors (Lipinski definition) is 0. The standard InChI is InChI=1S/C34H37N7O2/c1-2-29(42)41-15-14-39(20-25(41)8-11-35)32-31-28(37-33(38-32)43-21-34-9-4-12-40(34)13-5-10-34)18-24(19-36-31)26-7-3-6-22-16-23-17-27(23)30(22)26/h2-3,6-7,18-19,23,25,27H,1,4-5,8-10,12-17,20-21H2/t23-,25-,27+/m0/s1. The molecule has 43 heavy (non-hydrogen) atoms. The topological polar surface area (TPSA) is 98.5 Å². The quantitative estimate of drug-likeness (QED) is 0.381. The van der Waals surface area contributed by atoms with Crippen LogP contribution in [0.5, 0.6) is 6.01 Å². The smallest absolute Gasteiger partial charge is 0.319 e. The van der Waals surface area contributed by atoms with Crippen molar-refractivity contribution in [3.8, 4) is 23.2 Å². The molecule has 220 valence electrons. The number of benzene rings is 1. The van der Waals surface area contributed by atoms with Gasteiger partial charge in [0.2, 0.25) is 5.91 Å². The summed E-state index contributed by atoms with van der Waals surface area (Å²) < 4.78 is 6.48. The summed E-state index contributed by atoms with van der Waals surface area (Å²) in [6.07, 6.45) is 10.7. The van der Waals surface area contributed by atoms with E-state index in [1.165, 1.54) is 48.4 Å². The Hall–Kier alpha value is -4.03. The molecule has 1 amide bonds. The Labute approximate surface area is 252 Å². The Kier molecular flexibility index (Phi) is 6.37. The predicted molar refractivity (Wildman–Crippen MR) is 164 cm³/mol. The van der Waals surface area contributed by atoms with E-state index in [1.807, 2.05) is 6.20 Å². The van der Waals surface area contributed by atoms with Crippen molar-refractivity contribution in [2.75, 3.05) is 44.2 Å². The Balaban J connectivity index is 1.18. The first-order valence-electron chi connectivity index (χ1n) is 15.8. The maximum absolute atomic E-state index is 12.6. The van der Waals surface area contributed by atoms with Gasteiger partial charge in [0.1, 0.15) is 12.1 Å². The van der Waals surface area contributed by atoms with Gasteiger partial charge >= 0.3 is 6.01 Å². The van der Waals surface area contributed by atoms with Crippen LogP contribution in [0.2, 0.25) is 0 Å². The second-order valence-corrected chi connectivity index (χ2v) is 13.0. The highest BCUT2D eigenvalue weighted by Gasteiger charge is 2.47. The second-order valence-electron chi connectivity index (χ2n) is 13.0. The minimum atomic E-state index is -0.263. The maximum Gasteiger partial charge on any atom is 0.319 e. The minimum absolute atomic E-state index is 0.0819. The molecule has 8 rings (SSSR count). The molecule has 5 heterocycles. The molecule has 3 aliphatic heterocycles. The SMILES string of the molecule is C=CC(=O)N1CCN(c2nc(OCC34CCCN3CCC4)nc3cc(-c4cccc5c4[C@@H]4C[C@@H]4C5)cnc23)C[C@@H]1CC#N. The summed E-state index contributed by atoms with van der Waals surface area (Å²) >= 11 is 0. The van der Waals surface area contributed by atoms with Gasteiger partial charge in [0.15, 0.2) is 5.82 Å². The summed E-state index contributed by atoms with van der Waals surface area (Å²) in [4.78, 5) is 33.9. The molecule has 9 nitrogen and oxygen atoms in total. The van der Waals surface area contributed by atoms with Crippen LogP contribution in [0.3, 0.4) is 0 Å². The minimum Gasteiger partial charge on any atom is -0.461 e. The number of hydrogen-bond acceptors (Lipinski definition) is 8. The van der Waals surface area contributed by atoms with Crippen molar-refractivity contribution < 1.29 is 9.53 Å². The summed E-state index contributed by atoms with van der Waals surface area (Å²) in [6.45, 7) is 8.05. The zero-order chi connectivity index (χ0) is 29.1. The fourth-order valence-corrected chi connectivity index (χ4v) is 8.40. The summed E-state index contributed by atoms with van der Waals surface area (Å²) in [5.74, 6) is 2.03. The van der Waals surface area contributed by atoms with Gasteiger partial charge in [0.25, 0.3) is 0 Å². The van der Waals surface area contributed by atoms with Gasteiger partial charge in [-0.1, -0.05) is 24.8 Å². The monoisotopic (exact) mass is 575 g/mol. The fourth-order valence-electron chi connectivity index (χ4n) is 8.40. The van der Waals surface area contributed by atoms with Crippen molar-refractivity contribution in [2.24, 2.45) is 5.92 Å². The predicted octanol–water partition coefficient (Wildman–Crippen LogP) is 4.48. The van der Waals surface area contributed by atoms with E-state index in [-0.39, 0.29) is 23.9 Å². The number of carbonyl (C=O) groups excluding carboxylic acids is 1. The molecule has 2 aliphatic carbocycles. The summed E-state index contributed by atoms with van der Waals surface area (Å²) in [5, 5.41) is 9.54. The lowest BCUT2D eigenvalue weighted by Crippen LogP contribution is -2.55. The van der Waals surface area contributed by atoms with Crippen LogP contribution in [0.1, 0.15) is 55.6 Å². The second kappa shape index (κ2) is 10.3. The Morgan fingerprint density at radius 3 is 2.86 bits per heavy atom. The van der Waals surface area contributed by atoms with E-state index < -0.39 is 0 Å². The van der Waals surface area contributed by atoms with Crippen molar-refractivity contribution in [3.05, 3.63) is 54.2 Å². The van der Waals surface area contributed by atoms with Crippen LogP contribution < -0.4 is 9.64 Å². The van der Waals surface area contributed by atoms with Crippen LogP contribution in [0.4, 0.5) is 5.82 Å². The maximum atomic E-state index is 12.6. The first-order valence-corrected chi connectivity index (χ1v) is 15.8. The summed E-state index contributed by atoms with van der Waals surface area (Å²) in [7, 11) is 0. The molecule has 5 aliphatic rings. The first-order chi connectivity index (χ1) is 21.1. The molecule has 0 radical (unpaired) electrons. The molecule has 0 N–H and O–H groups in total. The van der Waals surface area contributed by atoms with Gasteiger partial charge in [-0.05, 0) is 92.3 Å². The number of pyridine rings is 1. The normalized spacial score (nSPS) is 25.2. The van der Waals surface area contributed by atoms with Gasteiger partial charge in [-0.25, -0.2) is 0 Å². The number of amides is 1. The van der Waals surface area contributed by atoms with Gasteiger partial charge in [0, 0.05) is 31.4 Å². The van der Waals surface area contributed by atoms with Crippen LogP contribution in [-0.2, 0) is 11.2 Å². The van der Waals surface area contributed by atoms with Crippen LogP contribution in [-0.4, -0.2) is 81.6 Å². The highest BCUT2D eigenvalue weighted by molar-refractivity contribution is 5.90. The number of carbonyl (C=O) groups is 1. The van der Waals surface area contributed by atoms with E-state index >= 15 is 0 Å². The molecule has 1 saturated carbocycles. The molecule has 3 aromatic rings. The van der Waals surface area contributed by atoms with E-state index in [9.17, 15) is 10.1 Å². The lowest BCUT2D eigenvalue weighted by atomic mass is 9.95. The largest absolute Gasteiger partial charge is 0.461 e. The number of piperazine rings is 1. The highest BCUT2D eigenvalue weighted by atomic mass is 16.5. The van der Waals surface area contributed by atoms with E-state index in [1.54, 1.807) is 4.90 Å². The van der Waals surface area contributed by atoms with Crippen LogP contribution in [0.25, 0.3) is 22.2 Å². The number of aromatic nitrogens is 3. The molecule has 0 bridgehead atoms. The zero-order valence-electron chi connectivity index (χ0n) is 24.5. The molecule has 0 spiro atoms.